The topological polar surface area (TPSA) is 39.2 Å². The highest BCUT2D eigenvalue weighted by Crippen LogP contribution is 2.29. The molecular weight excluding hydrogens is 319 g/mol. The Labute approximate surface area is 110 Å². The fourth-order valence-electron chi connectivity index (χ4n) is 1.33. The van der Waals surface area contributed by atoms with E-state index in [2.05, 4.69) is 25.7 Å². The standard InChI is InChI=1S/C10H9BrClF2NO2/c1-17-8(16)2-5-6(3-12)9(10(13)14)15-4-7(5)11/h4,10H,2-3H2,1H3. The minimum Gasteiger partial charge on any atom is -0.469 e. The second kappa shape index (κ2) is 6.26. The van der Waals surface area contributed by atoms with Crippen LogP contribution in [-0.2, 0) is 21.8 Å². The molecule has 1 rings (SSSR count). The maximum Gasteiger partial charge on any atom is 0.310 e. The third-order valence-corrected chi connectivity index (χ3v) is 3.12. The van der Waals surface area contributed by atoms with Gasteiger partial charge in [0.05, 0.1) is 13.5 Å². The number of nitrogens with zero attached hydrogens (tertiary/aromatic N) is 1. The Kier molecular flexibility index (Phi) is 5.27. The Morgan fingerprint density at radius 3 is 2.71 bits per heavy atom. The largest absolute Gasteiger partial charge is 0.469 e. The molecular formula is C10H9BrClF2NO2. The van der Waals surface area contributed by atoms with Crippen molar-refractivity contribution in [1.29, 1.82) is 0 Å². The molecule has 0 aliphatic rings. The number of carbonyl (C=O) groups is 1. The van der Waals surface area contributed by atoms with Gasteiger partial charge in [0.15, 0.2) is 0 Å². The molecule has 0 aliphatic carbocycles. The van der Waals surface area contributed by atoms with Gasteiger partial charge in [-0.3, -0.25) is 9.78 Å². The fourth-order valence-corrected chi connectivity index (χ4v) is 2.11. The van der Waals surface area contributed by atoms with E-state index in [1.807, 2.05) is 0 Å². The Morgan fingerprint density at radius 2 is 2.24 bits per heavy atom. The van der Waals surface area contributed by atoms with Gasteiger partial charge in [-0.1, -0.05) is 0 Å². The Balaban J connectivity index is 3.25. The fraction of sp³-hybridized carbons (Fsp3) is 0.400. The van der Waals surface area contributed by atoms with E-state index in [9.17, 15) is 13.6 Å². The number of carbonyl (C=O) groups excluding carboxylic acids is 1. The number of esters is 1. The van der Waals surface area contributed by atoms with Crippen molar-refractivity contribution in [2.75, 3.05) is 7.11 Å². The average Bonchev–Trinajstić information content (AvgIpc) is 2.30. The van der Waals surface area contributed by atoms with Crippen LogP contribution in [-0.4, -0.2) is 18.1 Å². The van der Waals surface area contributed by atoms with Crippen molar-refractivity contribution in [2.45, 2.75) is 18.7 Å². The van der Waals surface area contributed by atoms with Crippen molar-refractivity contribution in [3.05, 3.63) is 27.5 Å². The predicted octanol–water partition coefficient (Wildman–Crippen LogP) is 3.24. The van der Waals surface area contributed by atoms with Crippen molar-refractivity contribution in [3.63, 3.8) is 0 Å². The van der Waals surface area contributed by atoms with Gasteiger partial charge in [-0.05, 0) is 27.1 Å². The van der Waals surface area contributed by atoms with Gasteiger partial charge >= 0.3 is 5.97 Å². The first-order valence-corrected chi connectivity index (χ1v) is 5.91. The van der Waals surface area contributed by atoms with E-state index < -0.39 is 18.1 Å². The molecule has 94 valence electrons. The third-order valence-electron chi connectivity index (χ3n) is 2.17. The summed E-state index contributed by atoms with van der Waals surface area (Å²) in [5.74, 6) is -0.665. The lowest BCUT2D eigenvalue weighted by molar-refractivity contribution is -0.139. The van der Waals surface area contributed by atoms with Gasteiger partial charge in [0.1, 0.15) is 5.69 Å². The highest BCUT2D eigenvalue weighted by molar-refractivity contribution is 9.10. The Bertz CT molecular complexity index is 429. The van der Waals surface area contributed by atoms with Crippen molar-refractivity contribution >= 4 is 33.5 Å². The summed E-state index contributed by atoms with van der Waals surface area (Å²) in [5, 5.41) is 0. The molecule has 0 saturated heterocycles. The molecule has 0 bridgehead atoms. The van der Waals surface area contributed by atoms with E-state index in [0.717, 1.165) is 0 Å². The van der Waals surface area contributed by atoms with Gasteiger partial charge in [-0.25, -0.2) is 8.78 Å². The molecule has 1 aromatic heterocycles. The van der Waals surface area contributed by atoms with E-state index in [4.69, 9.17) is 11.6 Å². The van der Waals surface area contributed by atoms with Crippen LogP contribution in [0.3, 0.4) is 0 Å². The third kappa shape index (κ3) is 3.35. The smallest absolute Gasteiger partial charge is 0.310 e. The lowest BCUT2D eigenvalue weighted by Crippen LogP contribution is -2.10. The molecule has 0 amide bonds. The van der Waals surface area contributed by atoms with Crippen LogP contribution in [0.5, 0.6) is 0 Å². The number of methoxy groups -OCH3 is 1. The number of aromatic nitrogens is 1. The zero-order valence-electron chi connectivity index (χ0n) is 8.84. The van der Waals surface area contributed by atoms with Crippen LogP contribution < -0.4 is 0 Å². The highest BCUT2D eigenvalue weighted by atomic mass is 79.9. The molecule has 3 nitrogen and oxygen atoms in total. The first kappa shape index (κ1) is 14.3. The summed E-state index contributed by atoms with van der Waals surface area (Å²) >= 11 is 8.79. The highest BCUT2D eigenvalue weighted by Gasteiger charge is 2.21. The lowest BCUT2D eigenvalue weighted by atomic mass is 10.1. The van der Waals surface area contributed by atoms with Crippen molar-refractivity contribution in [2.24, 2.45) is 0 Å². The maximum atomic E-state index is 12.7. The van der Waals surface area contributed by atoms with Gasteiger partial charge in [0, 0.05) is 16.5 Å². The van der Waals surface area contributed by atoms with E-state index in [1.54, 1.807) is 0 Å². The normalized spacial score (nSPS) is 10.7. The number of hydrogen-bond acceptors (Lipinski definition) is 3. The zero-order chi connectivity index (χ0) is 13.0. The van der Waals surface area contributed by atoms with Gasteiger partial charge in [0.25, 0.3) is 6.43 Å². The van der Waals surface area contributed by atoms with Gasteiger partial charge in [-0.15, -0.1) is 11.6 Å². The van der Waals surface area contributed by atoms with Crippen LogP contribution in [0.15, 0.2) is 10.7 Å². The maximum absolute atomic E-state index is 12.7. The van der Waals surface area contributed by atoms with Crippen LogP contribution >= 0.6 is 27.5 Å². The molecule has 0 saturated carbocycles. The Morgan fingerprint density at radius 1 is 1.59 bits per heavy atom. The van der Waals surface area contributed by atoms with Crippen LogP contribution in [0.4, 0.5) is 8.78 Å². The summed E-state index contributed by atoms with van der Waals surface area (Å²) in [6.07, 6.45) is -1.62. The van der Waals surface area contributed by atoms with Crippen LogP contribution in [0.2, 0.25) is 0 Å². The zero-order valence-corrected chi connectivity index (χ0v) is 11.2. The van der Waals surface area contributed by atoms with Gasteiger partial charge < -0.3 is 4.74 Å². The second-order valence-corrected chi connectivity index (χ2v) is 4.26. The predicted molar refractivity (Wildman–Crippen MR) is 62.2 cm³/mol. The number of pyridine rings is 1. The molecule has 0 N–H and O–H groups in total. The van der Waals surface area contributed by atoms with Crippen LogP contribution in [0.25, 0.3) is 0 Å². The van der Waals surface area contributed by atoms with Crippen molar-refractivity contribution < 1.29 is 18.3 Å². The molecule has 7 heteroatoms. The molecule has 0 aliphatic heterocycles. The average molecular weight is 329 g/mol. The summed E-state index contributed by atoms with van der Waals surface area (Å²) in [4.78, 5) is 14.8. The quantitative estimate of drug-likeness (QED) is 0.629. The molecule has 0 aromatic carbocycles. The summed E-state index contributed by atoms with van der Waals surface area (Å²) in [5.41, 5.74) is 0.153. The summed E-state index contributed by atoms with van der Waals surface area (Å²) in [7, 11) is 1.23. The molecule has 0 fully saturated rings. The van der Waals surface area contributed by atoms with E-state index in [0.29, 0.717) is 10.0 Å². The first-order valence-electron chi connectivity index (χ1n) is 4.58. The number of rotatable bonds is 4. The molecule has 0 unspecified atom stereocenters. The minimum atomic E-state index is -2.73. The summed E-state index contributed by atoms with van der Waals surface area (Å²) < 4.78 is 30.3. The number of hydrogen-bond donors (Lipinski definition) is 0. The summed E-state index contributed by atoms with van der Waals surface area (Å²) in [6.45, 7) is 0. The van der Waals surface area contributed by atoms with E-state index >= 15 is 0 Å². The molecule has 0 radical (unpaired) electrons. The van der Waals surface area contributed by atoms with E-state index in [1.165, 1.54) is 13.3 Å². The van der Waals surface area contributed by atoms with Crippen molar-refractivity contribution in [1.82, 2.24) is 4.98 Å². The number of alkyl halides is 3. The molecule has 17 heavy (non-hydrogen) atoms. The minimum absolute atomic E-state index is 0.124. The molecule has 0 atom stereocenters. The van der Waals surface area contributed by atoms with Gasteiger partial charge in [0.2, 0.25) is 0 Å². The van der Waals surface area contributed by atoms with E-state index in [-0.39, 0.29) is 17.9 Å². The van der Waals surface area contributed by atoms with Crippen molar-refractivity contribution in [3.8, 4) is 0 Å². The number of halogens is 4. The number of ether oxygens (including phenoxy) is 1. The lowest BCUT2D eigenvalue weighted by Gasteiger charge is -2.12. The summed E-state index contributed by atoms with van der Waals surface area (Å²) in [6, 6.07) is 0. The Hall–Kier alpha value is -0.750. The molecule has 0 spiro atoms. The van der Waals surface area contributed by atoms with Crippen LogP contribution in [0, 0.1) is 0 Å². The second-order valence-electron chi connectivity index (χ2n) is 3.14. The molecule has 1 aromatic rings. The molecule has 1 heterocycles. The monoisotopic (exact) mass is 327 g/mol. The first-order chi connectivity index (χ1) is 8.01. The van der Waals surface area contributed by atoms with Gasteiger partial charge in [-0.2, -0.15) is 0 Å². The SMILES string of the molecule is COC(=O)Cc1c(Br)cnc(C(F)F)c1CCl. The van der Waals surface area contributed by atoms with Crippen LogP contribution in [0.1, 0.15) is 23.2 Å².